The van der Waals surface area contributed by atoms with Crippen LogP contribution in [0, 0.1) is 6.92 Å². The zero-order chi connectivity index (χ0) is 18.5. The molecule has 0 saturated heterocycles. The lowest BCUT2D eigenvalue weighted by Gasteiger charge is -2.10. The monoisotopic (exact) mass is 386 g/mol. The van der Waals surface area contributed by atoms with Crippen LogP contribution in [0.4, 0.5) is 11.6 Å². The van der Waals surface area contributed by atoms with Crippen molar-refractivity contribution < 1.29 is 4.79 Å². The summed E-state index contributed by atoms with van der Waals surface area (Å²) in [5.74, 6) is 0.0442. The number of nitrogens with one attached hydrogen (secondary N) is 2. The number of aromatic nitrogens is 2. The van der Waals surface area contributed by atoms with E-state index < -0.39 is 0 Å². The molecule has 0 spiro atoms. The number of hydrogen-bond donors (Lipinski definition) is 2. The fourth-order valence-electron chi connectivity index (χ4n) is 2.28. The highest BCUT2D eigenvalue weighted by atomic mass is 35.5. The highest BCUT2D eigenvalue weighted by molar-refractivity contribution is 6.31. The third-order valence-electron chi connectivity index (χ3n) is 3.77. The molecule has 7 heteroatoms. The number of halogens is 2. The Balaban J connectivity index is 1.69. The molecule has 1 aromatic heterocycles. The van der Waals surface area contributed by atoms with Crippen LogP contribution in [0.1, 0.15) is 21.6 Å². The second kappa shape index (κ2) is 8.17. The van der Waals surface area contributed by atoms with E-state index in [1.165, 1.54) is 6.20 Å². The van der Waals surface area contributed by atoms with Crippen LogP contribution in [0.15, 0.2) is 54.7 Å². The Morgan fingerprint density at radius 2 is 1.85 bits per heavy atom. The molecule has 1 heterocycles. The van der Waals surface area contributed by atoms with Crippen molar-refractivity contribution in [1.29, 1.82) is 0 Å². The maximum atomic E-state index is 12.5. The first-order valence-corrected chi connectivity index (χ1v) is 8.66. The molecule has 0 aliphatic carbocycles. The van der Waals surface area contributed by atoms with Crippen LogP contribution in [-0.4, -0.2) is 15.9 Å². The molecule has 0 bridgehead atoms. The molecule has 26 heavy (non-hydrogen) atoms. The van der Waals surface area contributed by atoms with Crippen molar-refractivity contribution in [2.45, 2.75) is 13.5 Å². The topological polar surface area (TPSA) is 66.9 Å². The summed E-state index contributed by atoms with van der Waals surface area (Å²) < 4.78 is 0. The predicted molar refractivity (Wildman–Crippen MR) is 105 cm³/mol. The third kappa shape index (κ3) is 4.50. The predicted octanol–water partition coefficient (Wildman–Crippen LogP) is 4.96. The molecule has 2 aromatic carbocycles. The van der Waals surface area contributed by atoms with Crippen molar-refractivity contribution >= 4 is 40.7 Å². The molecular formula is C19H16Cl2N4O. The Morgan fingerprint density at radius 3 is 2.62 bits per heavy atom. The average Bonchev–Trinajstić information content (AvgIpc) is 2.65. The Hall–Kier alpha value is -2.63. The Morgan fingerprint density at radius 1 is 1.08 bits per heavy atom. The van der Waals surface area contributed by atoms with Crippen LogP contribution >= 0.6 is 23.2 Å². The van der Waals surface area contributed by atoms with Crippen molar-refractivity contribution in [3.63, 3.8) is 0 Å². The molecule has 5 nitrogen and oxygen atoms in total. The van der Waals surface area contributed by atoms with Crippen LogP contribution < -0.4 is 10.6 Å². The number of nitrogens with zero attached hydrogens (tertiary/aromatic N) is 2. The van der Waals surface area contributed by atoms with Gasteiger partial charge in [-0.05, 0) is 48.4 Å². The Bertz CT molecular complexity index is 929. The second-order valence-corrected chi connectivity index (χ2v) is 6.46. The minimum atomic E-state index is -0.327. The molecule has 132 valence electrons. The van der Waals surface area contributed by atoms with Crippen LogP contribution in [0.3, 0.4) is 0 Å². The van der Waals surface area contributed by atoms with E-state index in [9.17, 15) is 4.79 Å². The quantitative estimate of drug-likeness (QED) is 0.650. The summed E-state index contributed by atoms with van der Waals surface area (Å²) >= 11 is 12.0. The minimum Gasteiger partial charge on any atom is -0.350 e. The number of carbonyl (C=O) groups excluding carboxylic acids is 1. The zero-order valence-corrected chi connectivity index (χ0v) is 15.5. The first-order chi connectivity index (χ1) is 12.5. The molecule has 0 unspecified atom stereocenters. The van der Waals surface area contributed by atoms with Crippen molar-refractivity contribution in [2.75, 3.05) is 10.6 Å². The molecule has 3 rings (SSSR count). The molecule has 0 saturated carbocycles. The number of anilines is 2. The zero-order valence-electron chi connectivity index (χ0n) is 14.0. The van der Waals surface area contributed by atoms with Crippen molar-refractivity contribution in [1.82, 2.24) is 9.97 Å². The fraction of sp³-hybridized carbons (Fsp3) is 0.105. The van der Waals surface area contributed by atoms with Crippen LogP contribution in [0.5, 0.6) is 0 Å². The van der Waals surface area contributed by atoms with Gasteiger partial charge in [-0.15, -0.1) is 0 Å². The number of rotatable bonds is 5. The highest BCUT2D eigenvalue weighted by Crippen LogP contribution is 2.23. The number of benzene rings is 2. The fourth-order valence-corrected chi connectivity index (χ4v) is 2.58. The summed E-state index contributed by atoms with van der Waals surface area (Å²) in [6, 6.07) is 14.4. The molecule has 0 radical (unpaired) electrons. The van der Waals surface area contributed by atoms with Gasteiger partial charge in [0, 0.05) is 28.5 Å². The molecular weight excluding hydrogens is 371 g/mol. The van der Waals surface area contributed by atoms with E-state index in [4.69, 9.17) is 23.2 Å². The van der Waals surface area contributed by atoms with E-state index in [1.807, 2.05) is 31.2 Å². The standard InChI is InChI=1S/C19H16Cl2N4O/c1-12-15(21)3-2-4-16(12)24-18(26)17-9-10-22-19(25-17)23-11-13-5-7-14(20)8-6-13/h2-10H,11H2,1H3,(H,24,26)(H,22,23,25). The van der Waals surface area contributed by atoms with E-state index in [0.717, 1.165) is 11.1 Å². The van der Waals surface area contributed by atoms with Gasteiger partial charge in [-0.2, -0.15) is 0 Å². The van der Waals surface area contributed by atoms with Crippen molar-refractivity contribution in [3.8, 4) is 0 Å². The lowest BCUT2D eigenvalue weighted by molar-refractivity contribution is 0.102. The van der Waals surface area contributed by atoms with Gasteiger partial charge in [0.25, 0.3) is 5.91 Å². The van der Waals surface area contributed by atoms with E-state index in [0.29, 0.717) is 28.2 Å². The van der Waals surface area contributed by atoms with E-state index in [1.54, 1.807) is 24.3 Å². The van der Waals surface area contributed by atoms with Gasteiger partial charge in [-0.1, -0.05) is 41.4 Å². The highest BCUT2D eigenvalue weighted by Gasteiger charge is 2.11. The van der Waals surface area contributed by atoms with Crippen LogP contribution in [0.25, 0.3) is 0 Å². The minimum absolute atomic E-state index is 0.262. The molecule has 0 aliphatic rings. The molecule has 0 atom stereocenters. The van der Waals surface area contributed by atoms with Crippen molar-refractivity contribution in [3.05, 3.63) is 81.6 Å². The largest absolute Gasteiger partial charge is 0.350 e. The maximum Gasteiger partial charge on any atom is 0.274 e. The molecule has 1 amide bonds. The third-order valence-corrected chi connectivity index (χ3v) is 4.43. The first kappa shape index (κ1) is 18.2. The lowest BCUT2D eigenvalue weighted by Crippen LogP contribution is -2.16. The maximum absolute atomic E-state index is 12.5. The summed E-state index contributed by atoms with van der Waals surface area (Å²) in [4.78, 5) is 20.9. The second-order valence-electron chi connectivity index (χ2n) is 5.61. The van der Waals surface area contributed by atoms with Gasteiger partial charge in [0.2, 0.25) is 5.95 Å². The van der Waals surface area contributed by atoms with Gasteiger partial charge in [-0.3, -0.25) is 4.79 Å². The van der Waals surface area contributed by atoms with Gasteiger partial charge >= 0.3 is 0 Å². The number of hydrogen-bond acceptors (Lipinski definition) is 4. The molecule has 0 aliphatic heterocycles. The number of carbonyl (C=O) groups is 1. The molecule has 3 aromatic rings. The molecule has 2 N–H and O–H groups in total. The van der Waals surface area contributed by atoms with Crippen molar-refractivity contribution in [2.24, 2.45) is 0 Å². The van der Waals surface area contributed by atoms with Crippen LogP contribution in [0.2, 0.25) is 10.0 Å². The van der Waals surface area contributed by atoms with E-state index in [-0.39, 0.29) is 11.6 Å². The van der Waals surface area contributed by atoms with Gasteiger partial charge in [0.1, 0.15) is 5.69 Å². The molecule has 0 fully saturated rings. The Kier molecular flexibility index (Phi) is 5.71. The Labute approximate surface area is 161 Å². The first-order valence-electron chi connectivity index (χ1n) is 7.91. The number of amides is 1. The summed E-state index contributed by atoms with van der Waals surface area (Å²) in [6.07, 6.45) is 1.54. The smallest absolute Gasteiger partial charge is 0.274 e. The van der Waals surface area contributed by atoms with Gasteiger partial charge in [-0.25, -0.2) is 9.97 Å². The van der Waals surface area contributed by atoms with Gasteiger partial charge in [0.05, 0.1) is 0 Å². The lowest BCUT2D eigenvalue weighted by atomic mass is 10.2. The van der Waals surface area contributed by atoms with Gasteiger partial charge < -0.3 is 10.6 Å². The van der Waals surface area contributed by atoms with E-state index >= 15 is 0 Å². The average molecular weight is 387 g/mol. The normalized spacial score (nSPS) is 10.4. The van der Waals surface area contributed by atoms with E-state index in [2.05, 4.69) is 20.6 Å². The van der Waals surface area contributed by atoms with Crippen LogP contribution in [-0.2, 0) is 6.54 Å². The SMILES string of the molecule is Cc1c(Cl)cccc1NC(=O)c1ccnc(NCc2ccc(Cl)cc2)n1. The summed E-state index contributed by atoms with van der Waals surface area (Å²) in [5.41, 5.74) is 2.75. The summed E-state index contributed by atoms with van der Waals surface area (Å²) in [5, 5.41) is 7.19. The summed E-state index contributed by atoms with van der Waals surface area (Å²) in [6.45, 7) is 2.37. The summed E-state index contributed by atoms with van der Waals surface area (Å²) in [7, 11) is 0. The van der Waals surface area contributed by atoms with Gasteiger partial charge in [0.15, 0.2) is 0 Å².